The Morgan fingerprint density at radius 2 is 0.731 bits per heavy atom. The average molecular weight is 1540 g/mol. The Kier molecular flexibility index (Phi) is 42.6. The van der Waals surface area contributed by atoms with Crippen molar-refractivity contribution in [3.05, 3.63) is 0 Å². The number of hydrogen-bond acceptors (Lipinski definition) is 25. The normalized spacial score (nSPS) is 16.4. The summed E-state index contributed by atoms with van der Waals surface area (Å²) in [6.07, 6.45) is 0.663. The number of amides is 18. The molecule has 44 nitrogen and oxygen atoms in total. The van der Waals surface area contributed by atoms with E-state index in [-0.39, 0.29) is 25.3 Å². The van der Waals surface area contributed by atoms with Gasteiger partial charge in [0.05, 0.1) is 59.2 Å². The number of carbonyl (C=O) groups excluding carboxylic acids is 18. The second kappa shape index (κ2) is 48.1. The van der Waals surface area contributed by atoms with Gasteiger partial charge < -0.3 is 132 Å². The number of nitrogens with two attached hydrogens (primary N) is 1. The standard InChI is InChI=1S/C64H109N19O25/c1-13-31(8)50(63(107)70-19-44(90)71-32(9)51(95)67-18-43(89)66-22-47(93)94)82-61(105)42-15-14-16-83(42)64(108)49(30(6)7)81-60(104)39(25-86)76-45(91)20-68-52(96)33(10)74-57(101)40(26-87)78-56(100)37(17-28(2)3)77-59(103)41(27-88)79-58(102)38(24-85)75-46(92)21-69-62(106)48(29(4)5)80-54(98)35(12)72-53(97)34(11)73-55(99)36(65)23-84/h28-42,48-50,84-88H,13-27,65H2,1-12H3,(H,66,89)(H,67,95)(H,68,96)(H,69,106)(H,70,107)(H,71,90)(H,72,97)(H,73,99)(H,74,101)(H,75,92)(H,76,91)(H,77,103)(H,78,100)(H,79,102)(H,80,98)(H,81,104)(H,82,105)(H,93,94)/t31-,32-,33-,34-,35-,36-,37-,38-,39-,40-,41-,42-,48-,49-,50-/m0/s1. The van der Waals surface area contributed by atoms with Crippen molar-refractivity contribution in [2.75, 3.05) is 72.3 Å². The van der Waals surface area contributed by atoms with Crippen LogP contribution in [-0.4, -0.2) is 305 Å². The molecule has 0 unspecified atom stereocenters. The van der Waals surface area contributed by atoms with E-state index in [0.29, 0.717) is 12.8 Å². The molecule has 0 aromatic carbocycles. The quantitative estimate of drug-likeness (QED) is 0.0269. The molecule has 108 heavy (non-hydrogen) atoms. The van der Waals surface area contributed by atoms with E-state index in [1.165, 1.54) is 25.7 Å². The molecule has 1 heterocycles. The zero-order chi connectivity index (χ0) is 82.6. The highest BCUT2D eigenvalue weighted by Crippen LogP contribution is 2.22. The first-order valence-electron chi connectivity index (χ1n) is 34.8. The number of hydrogen-bond donors (Lipinski definition) is 24. The fourth-order valence-electron chi connectivity index (χ4n) is 9.84. The summed E-state index contributed by atoms with van der Waals surface area (Å²) in [5.74, 6) is -20.4. The van der Waals surface area contributed by atoms with E-state index in [0.717, 1.165) is 6.92 Å². The Hall–Kier alpha value is -10.3. The minimum absolute atomic E-state index is 0.0385. The number of carbonyl (C=O) groups is 19. The minimum atomic E-state index is -1.86. The van der Waals surface area contributed by atoms with Gasteiger partial charge >= 0.3 is 5.97 Å². The summed E-state index contributed by atoms with van der Waals surface area (Å²) in [5, 5.41) is 97.2. The van der Waals surface area contributed by atoms with Gasteiger partial charge in [-0.2, -0.15) is 0 Å². The first-order chi connectivity index (χ1) is 50.5. The van der Waals surface area contributed by atoms with Crippen LogP contribution in [0.3, 0.4) is 0 Å². The van der Waals surface area contributed by atoms with Crippen molar-refractivity contribution in [3.8, 4) is 0 Å². The van der Waals surface area contributed by atoms with Crippen molar-refractivity contribution < 1.29 is 122 Å². The van der Waals surface area contributed by atoms with E-state index in [1.807, 2.05) is 5.32 Å². The maximum atomic E-state index is 14.2. The minimum Gasteiger partial charge on any atom is -0.480 e. The third kappa shape index (κ3) is 33.2. The molecule has 0 aromatic heterocycles. The fraction of sp³-hybridized carbons (Fsp3) is 0.703. The van der Waals surface area contributed by atoms with Crippen LogP contribution < -0.4 is 96.1 Å². The summed E-state index contributed by atoms with van der Waals surface area (Å²) in [6, 6.07) is -20.2. The summed E-state index contributed by atoms with van der Waals surface area (Å²) in [7, 11) is 0. The highest BCUT2D eigenvalue weighted by atomic mass is 16.4. The maximum Gasteiger partial charge on any atom is 0.322 e. The number of carboxylic acid groups (broad SMARTS) is 1. The largest absolute Gasteiger partial charge is 0.480 e. The maximum absolute atomic E-state index is 14.2. The predicted octanol–water partition coefficient (Wildman–Crippen LogP) is -12.8. The zero-order valence-corrected chi connectivity index (χ0v) is 62.5. The molecular weight excluding hydrogens is 1430 g/mol. The van der Waals surface area contributed by atoms with Crippen molar-refractivity contribution in [2.45, 2.75) is 193 Å². The van der Waals surface area contributed by atoms with Crippen LogP contribution in [0.2, 0.25) is 0 Å². The summed E-state index contributed by atoms with van der Waals surface area (Å²) in [6.45, 7) is 9.31. The number of aliphatic hydroxyl groups excluding tert-OH is 5. The molecule has 15 atom stereocenters. The number of nitrogens with zero attached hydrogens (tertiary/aromatic N) is 1. The Balaban J connectivity index is 2.94. The first kappa shape index (κ1) is 95.7. The van der Waals surface area contributed by atoms with Crippen LogP contribution >= 0.6 is 0 Å². The molecule has 1 aliphatic heterocycles. The molecule has 44 heteroatoms. The molecule has 1 fully saturated rings. The zero-order valence-electron chi connectivity index (χ0n) is 62.5. The fourth-order valence-corrected chi connectivity index (χ4v) is 9.84. The van der Waals surface area contributed by atoms with Gasteiger partial charge in [-0.15, -0.1) is 0 Å². The van der Waals surface area contributed by atoms with E-state index >= 15 is 0 Å². The number of aliphatic hydroxyl groups is 5. The van der Waals surface area contributed by atoms with E-state index in [4.69, 9.17) is 15.9 Å². The molecule has 610 valence electrons. The summed E-state index contributed by atoms with van der Waals surface area (Å²) in [4.78, 5) is 248. The number of carboxylic acids is 1. The topological polar surface area (TPSA) is 679 Å². The van der Waals surface area contributed by atoms with Crippen LogP contribution in [0.25, 0.3) is 0 Å². The molecule has 0 radical (unpaired) electrons. The molecule has 0 bridgehead atoms. The predicted molar refractivity (Wildman–Crippen MR) is 375 cm³/mol. The van der Waals surface area contributed by atoms with Crippen LogP contribution in [0.1, 0.15) is 109 Å². The monoisotopic (exact) mass is 1540 g/mol. The molecular formula is C64H109N19O25. The molecule has 0 aromatic rings. The van der Waals surface area contributed by atoms with Crippen molar-refractivity contribution in [1.82, 2.24) is 95.3 Å². The molecule has 0 aliphatic carbocycles. The first-order valence-corrected chi connectivity index (χ1v) is 34.8. The van der Waals surface area contributed by atoms with Crippen LogP contribution in [-0.2, 0) is 91.1 Å². The SMILES string of the molecule is CC[C@H](C)[C@H](NC(=O)[C@@H]1CCCN1C(=O)[C@@H](NC(=O)[C@H](CO)NC(=O)CNC(=O)[C@H](C)NC(=O)[C@H](CO)NC(=O)[C@H](CC(C)C)NC(=O)[C@H](CO)NC(=O)[C@H](CO)NC(=O)CNC(=O)[C@@H](NC(=O)[C@H](C)NC(=O)[C@H](C)NC(=O)[C@@H](N)CO)C(C)C)C(C)C)C(=O)NCC(=O)N[C@@H](C)C(=O)NCC(=O)NCC(=O)O. The molecule has 18 amide bonds. The van der Waals surface area contributed by atoms with Crippen LogP contribution in [0, 0.1) is 23.7 Å². The van der Waals surface area contributed by atoms with Gasteiger partial charge in [-0.25, -0.2) is 0 Å². The van der Waals surface area contributed by atoms with Crippen LogP contribution in [0.5, 0.6) is 0 Å². The third-order valence-electron chi connectivity index (χ3n) is 16.4. The summed E-state index contributed by atoms with van der Waals surface area (Å²) >= 11 is 0. The Morgan fingerprint density at radius 3 is 1.18 bits per heavy atom. The highest BCUT2D eigenvalue weighted by molar-refractivity contribution is 6.01. The van der Waals surface area contributed by atoms with Gasteiger partial charge in [-0.3, -0.25) is 91.1 Å². The average Bonchev–Trinajstić information content (AvgIpc) is 1.61. The van der Waals surface area contributed by atoms with Crippen molar-refractivity contribution in [3.63, 3.8) is 0 Å². The van der Waals surface area contributed by atoms with Crippen molar-refractivity contribution in [1.29, 1.82) is 0 Å². The van der Waals surface area contributed by atoms with Gasteiger partial charge in [-0.1, -0.05) is 61.8 Å². The second-order valence-electron chi connectivity index (χ2n) is 26.6. The Labute approximate surface area is 622 Å². The van der Waals surface area contributed by atoms with E-state index < -0.39 is 280 Å². The molecule has 1 rings (SSSR count). The molecule has 25 N–H and O–H groups in total. The van der Waals surface area contributed by atoms with Gasteiger partial charge in [0.1, 0.15) is 91.1 Å². The van der Waals surface area contributed by atoms with Crippen molar-refractivity contribution in [2.24, 2.45) is 29.4 Å². The van der Waals surface area contributed by atoms with Gasteiger partial charge in [0, 0.05) is 6.54 Å². The Morgan fingerprint density at radius 1 is 0.370 bits per heavy atom. The lowest BCUT2D eigenvalue weighted by Crippen LogP contribution is -2.61. The Bertz CT molecular complexity index is 3180. The lowest BCUT2D eigenvalue weighted by atomic mass is 9.97. The second-order valence-corrected chi connectivity index (χ2v) is 26.6. The highest BCUT2D eigenvalue weighted by Gasteiger charge is 2.42. The van der Waals surface area contributed by atoms with Crippen LogP contribution in [0.15, 0.2) is 0 Å². The lowest BCUT2D eigenvalue weighted by Gasteiger charge is -2.32. The summed E-state index contributed by atoms with van der Waals surface area (Å²) < 4.78 is 0. The molecule has 1 aliphatic rings. The number of nitrogens with one attached hydrogen (secondary N) is 17. The number of rotatable bonds is 47. The smallest absolute Gasteiger partial charge is 0.322 e. The van der Waals surface area contributed by atoms with Gasteiger partial charge in [-0.05, 0) is 70.6 Å². The number of likely N-dealkylation sites (tertiary alicyclic amines) is 1. The lowest BCUT2D eigenvalue weighted by molar-refractivity contribution is -0.143. The van der Waals surface area contributed by atoms with Gasteiger partial charge in [0.15, 0.2) is 0 Å². The number of aliphatic carboxylic acids is 1. The molecule has 1 saturated heterocycles. The van der Waals surface area contributed by atoms with Gasteiger partial charge in [0.2, 0.25) is 106 Å². The van der Waals surface area contributed by atoms with Crippen molar-refractivity contribution >= 4 is 112 Å². The van der Waals surface area contributed by atoms with E-state index in [2.05, 4.69) is 85.1 Å². The summed E-state index contributed by atoms with van der Waals surface area (Å²) in [5.41, 5.74) is 5.44. The van der Waals surface area contributed by atoms with Gasteiger partial charge in [0.25, 0.3) is 0 Å². The third-order valence-corrected chi connectivity index (χ3v) is 16.4. The van der Waals surface area contributed by atoms with E-state index in [1.54, 1.807) is 55.4 Å². The van der Waals surface area contributed by atoms with Crippen LogP contribution in [0.4, 0.5) is 0 Å². The molecule has 0 spiro atoms. The molecule has 0 saturated carbocycles. The van der Waals surface area contributed by atoms with E-state index in [9.17, 15) is 112 Å².